The van der Waals surface area contributed by atoms with Gasteiger partial charge < -0.3 is 9.80 Å². The Morgan fingerprint density at radius 3 is 2.56 bits per heavy atom. The summed E-state index contributed by atoms with van der Waals surface area (Å²) in [6.07, 6.45) is 9.86. The van der Waals surface area contributed by atoms with Crippen LogP contribution >= 0.6 is 0 Å². The molecule has 162 valence electrons. The smallest absolute Gasteiger partial charge is 0.154 e. The Hall–Kier alpha value is -3.55. The van der Waals surface area contributed by atoms with Crippen molar-refractivity contribution in [1.82, 2.24) is 24.6 Å². The van der Waals surface area contributed by atoms with Crippen molar-refractivity contribution >= 4 is 17.3 Å². The molecule has 6 rings (SSSR count). The van der Waals surface area contributed by atoms with Crippen LogP contribution in [0.15, 0.2) is 55.0 Å². The number of hydrogen-bond acceptors (Lipinski definition) is 6. The number of fused-ring (bicyclic) bond motifs is 1. The first kappa shape index (κ1) is 19.2. The largest absolute Gasteiger partial charge is 0.355 e. The van der Waals surface area contributed by atoms with Crippen LogP contribution in [0.1, 0.15) is 37.3 Å². The number of imidazole rings is 1. The highest BCUT2D eigenvalue weighted by molar-refractivity contribution is 5.61. The monoisotopic (exact) mass is 429 g/mol. The number of nitrogens with zero attached hydrogens (tertiary/aromatic N) is 7. The standard InChI is InChI=1S/C24H24FN7/c25-18-6-3-5-17(13-18)20-7-4-12-31(20)23-9-8-22-28-15-21(32(22)29-23)19-14-27-24(16-26-19)30-10-1-2-11-30/h3,5-6,8-9,13-16,20H,1-2,4,7,10-12H2. The van der Waals surface area contributed by atoms with Gasteiger partial charge in [0, 0.05) is 19.6 Å². The fourth-order valence-electron chi connectivity index (χ4n) is 4.86. The zero-order chi connectivity index (χ0) is 21.5. The fourth-order valence-corrected chi connectivity index (χ4v) is 4.86. The van der Waals surface area contributed by atoms with Crippen molar-refractivity contribution in [2.24, 2.45) is 0 Å². The molecule has 2 aliphatic rings. The molecule has 5 heterocycles. The maximum Gasteiger partial charge on any atom is 0.154 e. The summed E-state index contributed by atoms with van der Waals surface area (Å²) in [7, 11) is 0. The average molecular weight is 430 g/mol. The first-order chi connectivity index (χ1) is 15.8. The topological polar surface area (TPSA) is 62.5 Å². The number of rotatable bonds is 4. The van der Waals surface area contributed by atoms with Crippen molar-refractivity contribution < 1.29 is 4.39 Å². The van der Waals surface area contributed by atoms with Crippen LogP contribution in [0.2, 0.25) is 0 Å². The second-order valence-corrected chi connectivity index (χ2v) is 8.47. The van der Waals surface area contributed by atoms with Gasteiger partial charge in [0.2, 0.25) is 0 Å². The molecule has 0 spiro atoms. The van der Waals surface area contributed by atoms with Gasteiger partial charge >= 0.3 is 0 Å². The Kier molecular flexibility index (Phi) is 4.70. The summed E-state index contributed by atoms with van der Waals surface area (Å²) < 4.78 is 15.7. The van der Waals surface area contributed by atoms with Gasteiger partial charge in [0.1, 0.15) is 28.8 Å². The van der Waals surface area contributed by atoms with Gasteiger partial charge in [-0.2, -0.15) is 0 Å². The van der Waals surface area contributed by atoms with E-state index >= 15 is 0 Å². The summed E-state index contributed by atoms with van der Waals surface area (Å²) in [5, 5.41) is 4.90. The molecular weight excluding hydrogens is 405 g/mol. The van der Waals surface area contributed by atoms with E-state index in [9.17, 15) is 4.39 Å². The van der Waals surface area contributed by atoms with Gasteiger partial charge in [-0.1, -0.05) is 12.1 Å². The third kappa shape index (κ3) is 3.36. The number of benzene rings is 1. The number of anilines is 2. The third-order valence-electron chi connectivity index (χ3n) is 6.46. The van der Waals surface area contributed by atoms with Crippen LogP contribution in [0.5, 0.6) is 0 Å². The maximum absolute atomic E-state index is 13.8. The second-order valence-electron chi connectivity index (χ2n) is 8.47. The first-order valence-corrected chi connectivity index (χ1v) is 11.2. The predicted molar refractivity (Wildman–Crippen MR) is 121 cm³/mol. The van der Waals surface area contributed by atoms with Crippen molar-refractivity contribution in [2.75, 3.05) is 29.4 Å². The van der Waals surface area contributed by atoms with Gasteiger partial charge in [-0.05, 0) is 55.5 Å². The van der Waals surface area contributed by atoms with E-state index < -0.39 is 0 Å². The Labute approximate surface area is 185 Å². The summed E-state index contributed by atoms with van der Waals surface area (Å²) >= 11 is 0. The molecule has 32 heavy (non-hydrogen) atoms. The van der Waals surface area contributed by atoms with Gasteiger partial charge in [0.05, 0.1) is 24.6 Å². The van der Waals surface area contributed by atoms with Gasteiger partial charge in [0.25, 0.3) is 0 Å². The van der Waals surface area contributed by atoms with Crippen molar-refractivity contribution in [3.8, 4) is 11.4 Å². The number of halogens is 1. The predicted octanol–water partition coefficient (Wildman–Crippen LogP) is 4.27. The Balaban J connectivity index is 1.33. The molecule has 0 amide bonds. The number of aromatic nitrogens is 5. The Bertz CT molecular complexity index is 1250. The minimum atomic E-state index is -0.203. The average Bonchev–Trinajstić information content (AvgIpc) is 3.59. The molecule has 2 saturated heterocycles. The molecule has 0 aliphatic carbocycles. The molecule has 0 N–H and O–H groups in total. The van der Waals surface area contributed by atoms with E-state index in [1.807, 2.05) is 28.9 Å². The van der Waals surface area contributed by atoms with Crippen molar-refractivity contribution in [1.29, 1.82) is 0 Å². The lowest BCUT2D eigenvalue weighted by atomic mass is 10.0. The fraction of sp³-hybridized carbons (Fsp3) is 0.333. The highest BCUT2D eigenvalue weighted by atomic mass is 19.1. The molecule has 8 heteroatoms. The quantitative estimate of drug-likeness (QED) is 0.483. The van der Waals surface area contributed by atoms with E-state index in [1.54, 1.807) is 24.5 Å². The lowest BCUT2D eigenvalue weighted by Crippen LogP contribution is -2.24. The Morgan fingerprint density at radius 2 is 1.75 bits per heavy atom. The lowest BCUT2D eigenvalue weighted by Gasteiger charge is -2.26. The van der Waals surface area contributed by atoms with Gasteiger partial charge in [0.15, 0.2) is 5.65 Å². The SMILES string of the molecule is Fc1cccc(C2CCCN2c2ccc3ncc(-c4cnc(N5CCCC5)cn4)n3n2)c1. The van der Waals surface area contributed by atoms with Crippen LogP contribution < -0.4 is 9.80 Å². The first-order valence-electron chi connectivity index (χ1n) is 11.2. The van der Waals surface area contributed by atoms with Crippen LogP contribution in [0, 0.1) is 5.82 Å². The molecule has 0 radical (unpaired) electrons. The second kappa shape index (κ2) is 7.85. The zero-order valence-corrected chi connectivity index (χ0v) is 17.7. The van der Waals surface area contributed by atoms with Crippen LogP contribution in [0.4, 0.5) is 16.0 Å². The summed E-state index contributed by atoms with van der Waals surface area (Å²) in [4.78, 5) is 18.3. The van der Waals surface area contributed by atoms with Gasteiger partial charge in [-0.15, -0.1) is 5.10 Å². The van der Waals surface area contributed by atoms with Crippen LogP contribution in [-0.4, -0.2) is 44.2 Å². The van der Waals surface area contributed by atoms with Crippen LogP contribution in [0.25, 0.3) is 17.0 Å². The van der Waals surface area contributed by atoms with E-state index in [1.165, 1.54) is 18.9 Å². The highest BCUT2D eigenvalue weighted by Crippen LogP contribution is 2.35. The molecule has 3 aromatic heterocycles. The van der Waals surface area contributed by atoms with Gasteiger partial charge in [-0.3, -0.25) is 0 Å². The molecule has 1 unspecified atom stereocenters. The molecule has 2 fully saturated rings. The zero-order valence-electron chi connectivity index (χ0n) is 17.7. The lowest BCUT2D eigenvalue weighted by molar-refractivity contribution is 0.617. The van der Waals surface area contributed by atoms with Crippen molar-refractivity contribution in [3.05, 3.63) is 66.4 Å². The van der Waals surface area contributed by atoms with E-state index in [0.717, 1.165) is 66.7 Å². The Morgan fingerprint density at radius 1 is 0.844 bits per heavy atom. The minimum Gasteiger partial charge on any atom is -0.355 e. The molecule has 0 bridgehead atoms. The molecular formula is C24H24FN7. The van der Waals surface area contributed by atoms with E-state index in [0.29, 0.717) is 0 Å². The van der Waals surface area contributed by atoms with Crippen molar-refractivity contribution in [2.45, 2.75) is 31.7 Å². The van der Waals surface area contributed by atoms with E-state index in [-0.39, 0.29) is 11.9 Å². The summed E-state index contributed by atoms with van der Waals surface area (Å²) in [6, 6.07) is 11.0. The summed E-state index contributed by atoms with van der Waals surface area (Å²) in [5.41, 5.74) is 3.30. The van der Waals surface area contributed by atoms with E-state index in [2.05, 4.69) is 24.8 Å². The molecule has 7 nitrogen and oxygen atoms in total. The number of hydrogen-bond donors (Lipinski definition) is 0. The molecule has 1 atom stereocenters. The maximum atomic E-state index is 13.8. The third-order valence-corrected chi connectivity index (χ3v) is 6.46. The van der Waals surface area contributed by atoms with Crippen molar-refractivity contribution in [3.63, 3.8) is 0 Å². The van der Waals surface area contributed by atoms with Crippen LogP contribution in [0.3, 0.4) is 0 Å². The molecule has 1 aromatic carbocycles. The molecule has 0 saturated carbocycles. The normalized spacial score (nSPS) is 18.7. The highest BCUT2D eigenvalue weighted by Gasteiger charge is 2.28. The summed E-state index contributed by atoms with van der Waals surface area (Å²) in [6.45, 7) is 2.96. The van der Waals surface area contributed by atoms with Crippen LogP contribution in [-0.2, 0) is 0 Å². The molecule has 2 aliphatic heterocycles. The minimum absolute atomic E-state index is 0.113. The van der Waals surface area contributed by atoms with Gasteiger partial charge in [-0.25, -0.2) is 23.9 Å². The summed E-state index contributed by atoms with van der Waals surface area (Å²) in [5.74, 6) is 1.57. The molecule has 4 aromatic rings. The van der Waals surface area contributed by atoms with E-state index in [4.69, 9.17) is 5.10 Å².